The van der Waals surface area contributed by atoms with Gasteiger partial charge in [0.15, 0.2) is 5.96 Å². The molecule has 1 aliphatic rings. The molecule has 1 atom stereocenters. The second-order valence-electron chi connectivity index (χ2n) is 6.55. The molecule has 1 aromatic carbocycles. The Morgan fingerprint density at radius 1 is 1.20 bits per heavy atom. The van der Waals surface area contributed by atoms with Crippen molar-refractivity contribution >= 4 is 11.9 Å². The minimum absolute atomic E-state index is 0.113. The number of nitrogens with zero attached hydrogens (tertiary/aromatic N) is 3. The van der Waals surface area contributed by atoms with Gasteiger partial charge in [-0.05, 0) is 39.4 Å². The van der Waals surface area contributed by atoms with Crippen molar-refractivity contribution in [1.82, 2.24) is 20.4 Å². The van der Waals surface area contributed by atoms with Crippen LogP contribution in [0.4, 0.5) is 0 Å². The largest absolute Gasteiger partial charge is 0.357 e. The highest BCUT2D eigenvalue weighted by atomic mass is 16.2. The molecule has 1 fully saturated rings. The highest BCUT2D eigenvalue weighted by Crippen LogP contribution is 2.16. The number of likely N-dealkylation sites (tertiary alicyclic amines) is 1. The third-order valence-electron chi connectivity index (χ3n) is 4.45. The molecule has 2 rings (SSSR count). The van der Waals surface area contributed by atoms with Gasteiger partial charge in [-0.25, -0.2) is 4.99 Å². The van der Waals surface area contributed by atoms with E-state index >= 15 is 0 Å². The first-order valence-electron chi connectivity index (χ1n) is 9.13. The molecule has 25 heavy (non-hydrogen) atoms. The summed E-state index contributed by atoms with van der Waals surface area (Å²) in [6.45, 7) is 5.46. The van der Waals surface area contributed by atoms with Crippen LogP contribution in [0.25, 0.3) is 0 Å². The fourth-order valence-corrected chi connectivity index (χ4v) is 3.02. The predicted molar refractivity (Wildman–Crippen MR) is 103 cm³/mol. The first-order valence-corrected chi connectivity index (χ1v) is 9.13. The van der Waals surface area contributed by atoms with Crippen molar-refractivity contribution in [1.29, 1.82) is 0 Å². The summed E-state index contributed by atoms with van der Waals surface area (Å²) in [7, 11) is 4.14. The third kappa shape index (κ3) is 6.05. The van der Waals surface area contributed by atoms with Gasteiger partial charge >= 0.3 is 0 Å². The van der Waals surface area contributed by atoms with Gasteiger partial charge in [0.25, 0.3) is 0 Å². The summed E-state index contributed by atoms with van der Waals surface area (Å²) in [6, 6.07) is 10.6. The van der Waals surface area contributed by atoms with E-state index in [9.17, 15) is 4.79 Å². The van der Waals surface area contributed by atoms with E-state index < -0.39 is 0 Å². The number of hydrogen-bond donors (Lipinski definition) is 2. The number of rotatable bonds is 7. The summed E-state index contributed by atoms with van der Waals surface area (Å²) in [5.74, 6) is 0.805. The molecule has 0 aromatic heterocycles. The van der Waals surface area contributed by atoms with Crippen LogP contribution in [0.1, 0.15) is 31.4 Å². The molecule has 1 heterocycles. The van der Waals surface area contributed by atoms with E-state index in [1.807, 2.05) is 17.9 Å². The summed E-state index contributed by atoms with van der Waals surface area (Å²) in [4.78, 5) is 20.7. The number of benzene rings is 1. The molecule has 6 heteroatoms. The van der Waals surface area contributed by atoms with Crippen molar-refractivity contribution in [2.75, 3.05) is 46.8 Å². The smallest absolute Gasteiger partial charge is 0.244 e. The Labute approximate surface area is 151 Å². The average molecular weight is 345 g/mol. The Hall–Kier alpha value is -2.08. The molecule has 138 valence electrons. The van der Waals surface area contributed by atoms with E-state index in [2.05, 4.69) is 58.9 Å². The van der Waals surface area contributed by atoms with Crippen LogP contribution in [0.2, 0.25) is 0 Å². The number of nitrogens with one attached hydrogen (secondary N) is 2. The quantitative estimate of drug-likeness (QED) is 0.580. The van der Waals surface area contributed by atoms with Crippen LogP contribution >= 0.6 is 0 Å². The molecule has 0 saturated carbocycles. The second-order valence-corrected chi connectivity index (χ2v) is 6.55. The van der Waals surface area contributed by atoms with E-state index in [1.54, 1.807) is 0 Å². The molecule has 1 amide bonds. The minimum Gasteiger partial charge on any atom is -0.357 e. The van der Waals surface area contributed by atoms with E-state index in [-0.39, 0.29) is 18.5 Å². The number of carbonyl (C=O) groups is 1. The Morgan fingerprint density at radius 2 is 1.88 bits per heavy atom. The van der Waals surface area contributed by atoms with Crippen molar-refractivity contribution in [2.24, 2.45) is 4.99 Å². The standard InChI is InChI=1S/C19H31N5O/c1-4-20-19(22-15-18(25)24-12-8-9-13-24)21-14-17(23(2)3)16-10-6-5-7-11-16/h5-7,10-11,17H,4,8-9,12-15H2,1-3H3,(H2,20,21,22). The average Bonchev–Trinajstić information content (AvgIpc) is 3.15. The zero-order chi connectivity index (χ0) is 18.1. The molecule has 1 aromatic rings. The van der Waals surface area contributed by atoms with Gasteiger partial charge in [0.2, 0.25) is 5.91 Å². The normalized spacial score (nSPS) is 16.2. The number of aliphatic imine (C=N–C) groups is 1. The van der Waals surface area contributed by atoms with Gasteiger partial charge in [0, 0.05) is 26.2 Å². The van der Waals surface area contributed by atoms with Crippen molar-refractivity contribution < 1.29 is 4.79 Å². The molecular weight excluding hydrogens is 314 g/mol. The first-order chi connectivity index (χ1) is 12.1. The SMILES string of the molecule is CCNC(=NCC(=O)N1CCCC1)NCC(c1ccccc1)N(C)C. The predicted octanol–water partition coefficient (Wildman–Crippen LogP) is 1.47. The van der Waals surface area contributed by atoms with Gasteiger partial charge < -0.3 is 20.4 Å². The number of likely N-dealkylation sites (N-methyl/N-ethyl adjacent to an activating group) is 1. The summed E-state index contributed by atoms with van der Waals surface area (Å²) in [5.41, 5.74) is 1.25. The lowest BCUT2D eigenvalue weighted by Crippen LogP contribution is -2.42. The molecule has 0 bridgehead atoms. The lowest BCUT2D eigenvalue weighted by Gasteiger charge is -2.26. The third-order valence-corrected chi connectivity index (χ3v) is 4.45. The Morgan fingerprint density at radius 3 is 2.48 bits per heavy atom. The molecule has 1 unspecified atom stereocenters. The molecule has 0 radical (unpaired) electrons. The topological polar surface area (TPSA) is 60.0 Å². The molecule has 2 N–H and O–H groups in total. The van der Waals surface area contributed by atoms with Crippen molar-refractivity contribution in [3.05, 3.63) is 35.9 Å². The molecule has 6 nitrogen and oxygen atoms in total. The van der Waals surface area contributed by atoms with Crippen LogP contribution in [0.5, 0.6) is 0 Å². The Balaban J connectivity index is 1.94. The summed E-state index contributed by atoms with van der Waals surface area (Å²) >= 11 is 0. The van der Waals surface area contributed by atoms with Crippen LogP contribution in [-0.2, 0) is 4.79 Å². The first kappa shape index (κ1) is 19.2. The van der Waals surface area contributed by atoms with Crippen LogP contribution in [0.3, 0.4) is 0 Å². The molecule has 0 spiro atoms. The molecule has 0 aliphatic carbocycles. The number of amides is 1. The lowest BCUT2D eigenvalue weighted by atomic mass is 10.1. The van der Waals surface area contributed by atoms with Gasteiger partial charge in [-0.2, -0.15) is 0 Å². The van der Waals surface area contributed by atoms with Crippen molar-refractivity contribution in [3.63, 3.8) is 0 Å². The van der Waals surface area contributed by atoms with Gasteiger partial charge in [0.1, 0.15) is 6.54 Å². The fraction of sp³-hybridized carbons (Fsp3) is 0.579. The second kappa shape index (κ2) is 10.0. The number of guanidine groups is 1. The summed E-state index contributed by atoms with van der Waals surface area (Å²) < 4.78 is 0. The summed E-state index contributed by atoms with van der Waals surface area (Å²) in [5, 5.41) is 6.60. The minimum atomic E-state index is 0.113. The van der Waals surface area contributed by atoms with E-state index in [4.69, 9.17) is 0 Å². The van der Waals surface area contributed by atoms with Gasteiger partial charge in [-0.1, -0.05) is 30.3 Å². The molecule has 1 aliphatic heterocycles. The number of hydrogen-bond acceptors (Lipinski definition) is 3. The highest BCUT2D eigenvalue weighted by Gasteiger charge is 2.18. The number of carbonyl (C=O) groups excluding carboxylic acids is 1. The van der Waals surface area contributed by atoms with Crippen LogP contribution < -0.4 is 10.6 Å². The van der Waals surface area contributed by atoms with E-state index in [1.165, 1.54) is 5.56 Å². The maximum atomic E-state index is 12.2. The zero-order valence-electron chi connectivity index (χ0n) is 15.7. The molecular formula is C19H31N5O. The van der Waals surface area contributed by atoms with Crippen molar-refractivity contribution in [3.8, 4) is 0 Å². The van der Waals surface area contributed by atoms with Crippen LogP contribution in [0, 0.1) is 0 Å². The van der Waals surface area contributed by atoms with Gasteiger partial charge in [-0.15, -0.1) is 0 Å². The summed E-state index contributed by atoms with van der Waals surface area (Å²) in [6.07, 6.45) is 2.21. The highest BCUT2D eigenvalue weighted by molar-refractivity contribution is 5.85. The lowest BCUT2D eigenvalue weighted by molar-refractivity contribution is -0.128. The van der Waals surface area contributed by atoms with E-state index in [0.717, 1.165) is 39.0 Å². The Kier molecular flexibility index (Phi) is 7.73. The van der Waals surface area contributed by atoms with E-state index in [0.29, 0.717) is 5.96 Å². The van der Waals surface area contributed by atoms with Crippen LogP contribution in [-0.4, -0.2) is 68.5 Å². The van der Waals surface area contributed by atoms with Crippen molar-refractivity contribution in [2.45, 2.75) is 25.8 Å². The Bertz CT molecular complexity index is 552. The monoisotopic (exact) mass is 345 g/mol. The van der Waals surface area contributed by atoms with Gasteiger partial charge in [0.05, 0.1) is 6.04 Å². The maximum absolute atomic E-state index is 12.2. The van der Waals surface area contributed by atoms with Crippen LogP contribution in [0.15, 0.2) is 35.3 Å². The fourth-order valence-electron chi connectivity index (χ4n) is 3.02. The zero-order valence-corrected chi connectivity index (χ0v) is 15.7. The van der Waals surface area contributed by atoms with Gasteiger partial charge in [-0.3, -0.25) is 4.79 Å². The molecule has 1 saturated heterocycles. The maximum Gasteiger partial charge on any atom is 0.244 e.